The van der Waals surface area contributed by atoms with E-state index in [1.807, 2.05) is 16.8 Å². The molecule has 0 unspecified atom stereocenters. The first-order valence-corrected chi connectivity index (χ1v) is 10.1. The molecule has 0 bridgehead atoms. The maximum Gasteiger partial charge on any atom is 0.246 e. The Morgan fingerprint density at radius 2 is 1.92 bits per heavy atom. The number of carbonyl (C=O) groups is 1. The summed E-state index contributed by atoms with van der Waals surface area (Å²) in [6.45, 7) is 0.996. The van der Waals surface area contributed by atoms with Crippen molar-refractivity contribution >= 4 is 33.3 Å². The van der Waals surface area contributed by atoms with E-state index in [0.29, 0.717) is 13.1 Å². The summed E-state index contributed by atoms with van der Waals surface area (Å²) in [5.74, 6) is -0.734. The van der Waals surface area contributed by atoms with Crippen molar-refractivity contribution in [3.8, 4) is 0 Å². The van der Waals surface area contributed by atoms with Crippen LogP contribution in [0, 0.1) is 5.82 Å². The second-order valence-electron chi connectivity index (χ2n) is 5.58. The van der Waals surface area contributed by atoms with E-state index in [9.17, 15) is 17.6 Å². The number of sulfonamides is 1. The quantitative estimate of drug-likeness (QED) is 0.766. The highest BCUT2D eigenvalue weighted by Crippen LogP contribution is 2.18. The van der Waals surface area contributed by atoms with Gasteiger partial charge in [-0.1, -0.05) is 6.07 Å². The summed E-state index contributed by atoms with van der Waals surface area (Å²) in [5.41, 5.74) is 0.964. The van der Waals surface area contributed by atoms with Gasteiger partial charge in [-0.3, -0.25) is 4.79 Å². The molecule has 2 heterocycles. The van der Waals surface area contributed by atoms with Crippen LogP contribution in [-0.2, 0) is 14.8 Å². The first-order valence-electron chi connectivity index (χ1n) is 7.72. The monoisotopic (exact) mass is 380 g/mol. The maximum atomic E-state index is 13.3. The van der Waals surface area contributed by atoms with E-state index in [-0.39, 0.29) is 23.9 Å². The van der Waals surface area contributed by atoms with Crippen molar-refractivity contribution in [2.24, 2.45) is 0 Å². The van der Waals surface area contributed by atoms with Gasteiger partial charge in [0.25, 0.3) is 0 Å². The van der Waals surface area contributed by atoms with Crippen LogP contribution in [0.15, 0.2) is 52.1 Å². The second-order valence-corrected chi connectivity index (χ2v) is 8.29. The molecule has 0 N–H and O–H groups in total. The van der Waals surface area contributed by atoms with E-state index in [1.165, 1.54) is 28.6 Å². The highest BCUT2D eigenvalue weighted by atomic mass is 32.2. The van der Waals surface area contributed by atoms with E-state index in [0.717, 1.165) is 11.6 Å². The SMILES string of the molecule is O=C(/C=C/c1ccsc1)N1CCN(S(=O)(=O)c2cccc(F)c2)CC1. The summed E-state index contributed by atoms with van der Waals surface area (Å²) in [6.07, 6.45) is 3.24. The van der Waals surface area contributed by atoms with E-state index in [4.69, 9.17) is 0 Å². The van der Waals surface area contributed by atoms with E-state index >= 15 is 0 Å². The van der Waals surface area contributed by atoms with Gasteiger partial charge in [0.1, 0.15) is 5.82 Å². The summed E-state index contributed by atoms with van der Waals surface area (Å²) in [4.78, 5) is 13.7. The van der Waals surface area contributed by atoms with Crippen LogP contribution in [0.25, 0.3) is 6.08 Å². The standard InChI is InChI=1S/C17H17FN2O3S2/c18-15-2-1-3-16(12-15)25(22,23)20-9-7-19(8-10-20)17(21)5-4-14-6-11-24-13-14/h1-6,11-13H,7-10H2/b5-4+. The molecule has 5 nitrogen and oxygen atoms in total. The lowest BCUT2D eigenvalue weighted by molar-refractivity contribution is -0.127. The molecule has 0 radical (unpaired) electrons. The number of hydrogen-bond donors (Lipinski definition) is 0. The molecule has 1 aromatic carbocycles. The Hall–Kier alpha value is -2.03. The Labute approximate surface area is 150 Å². The number of thiophene rings is 1. The molecule has 132 valence electrons. The predicted octanol–water partition coefficient (Wildman–Crippen LogP) is 2.43. The average molecular weight is 380 g/mol. The van der Waals surface area contributed by atoms with Crippen LogP contribution in [0.2, 0.25) is 0 Å². The van der Waals surface area contributed by atoms with Crippen molar-refractivity contribution in [1.29, 1.82) is 0 Å². The van der Waals surface area contributed by atoms with Gasteiger partial charge in [0.05, 0.1) is 4.90 Å². The average Bonchev–Trinajstić information content (AvgIpc) is 3.13. The van der Waals surface area contributed by atoms with E-state index in [1.54, 1.807) is 22.3 Å². The minimum atomic E-state index is -3.74. The number of carbonyl (C=O) groups excluding carboxylic acids is 1. The van der Waals surface area contributed by atoms with Crippen molar-refractivity contribution in [2.75, 3.05) is 26.2 Å². The number of rotatable bonds is 4. The summed E-state index contributed by atoms with van der Waals surface area (Å²) < 4.78 is 39.7. The third kappa shape index (κ3) is 4.15. The van der Waals surface area contributed by atoms with Crippen LogP contribution in [-0.4, -0.2) is 49.7 Å². The molecule has 0 spiro atoms. The zero-order chi connectivity index (χ0) is 17.9. The van der Waals surface area contributed by atoms with Crippen LogP contribution < -0.4 is 0 Å². The number of piperazine rings is 1. The summed E-state index contributed by atoms with van der Waals surface area (Å²) in [7, 11) is -3.74. The van der Waals surface area contributed by atoms with E-state index < -0.39 is 15.8 Å². The van der Waals surface area contributed by atoms with Gasteiger partial charge in [-0.25, -0.2) is 12.8 Å². The van der Waals surface area contributed by atoms with Gasteiger partial charge in [-0.2, -0.15) is 15.6 Å². The van der Waals surface area contributed by atoms with Gasteiger partial charge in [-0.05, 0) is 46.7 Å². The smallest absolute Gasteiger partial charge is 0.246 e. The lowest BCUT2D eigenvalue weighted by Gasteiger charge is -2.33. The molecule has 0 saturated carbocycles. The Bertz CT molecular complexity index is 871. The van der Waals surface area contributed by atoms with Gasteiger partial charge >= 0.3 is 0 Å². The maximum absolute atomic E-state index is 13.3. The molecule has 3 rings (SSSR count). The third-order valence-corrected chi connectivity index (χ3v) is 6.54. The van der Waals surface area contributed by atoms with E-state index in [2.05, 4.69) is 0 Å². The largest absolute Gasteiger partial charge is 0.337 e. The fraction of sp³-hybridized carbons (Fsp3) is 0.235. The second kappa shape index (κ2) is 7.47. The number of halogens is 1. The molecule has 0 aliphatic carbocycles. The van der Waals surface area contributed by atoms with Gasteiger partial charge < -0.3 is 4.90 Å². The van der Waals surface area contributed by atoms with Crippen molar-refractivity contribution in [3.63, 3.8) is 0 Å². The first kappa shape index (κ1) is 17.8. The zero-order valence-corrected chi connectivity index (χ0v) is 15.0. The molecule has 1 saturated heterocycles. The van der Waals surface area contributed by atoms with Crippen molar-refractivity contribution < 1.29 is 17.6 Å². The number of amides is 1. The minimum Gasteiger partial charge on any atom is -0.337 e. The predicted molar refractivity (Wildman–Crippen MR) is 95.1 cm³/mol. The number of hydrogen-bond acceptors (Lipinski definition) is 4. The van der Waals surface area contributed by atoms with Crippen molar-refractivity contribution in [3.05, 3.63) is 58.5 Å². The third-order valence-electron chi connectivity index (χ3n) is 3.95. The van der Waals surface area contributed by atoms with Gasteiger partial charge in [0.2, 0.25) is 15.9 Å². The molecule has 8 heteroatoms. The summed E-state index contributed by atoms with van der Waals surface area (Å²) >= 11 is 1.55. The first-order chi connectivity index (χ1) is 12.0. The molecule has 1 aliphatic heterocycles. The highest BCUT2D eigenvalue weighted by Gasteiger charge is 2.29. The van der Waals surface area contributed by atoms with Crippen LogP contribution in [0.4, 0.5) is 4.39 Å². The Morgan fingerprint density at radius 3 is 2.56 bits per heavy atom. The Morgan fingerprint density at radius 1 is 1.16 bits per heavy atom. The molecule has 1 aliphatic rings. The normalized spacial score (nSPS) is 16.4. The van der Waals surface area contributed by atoms with Crippen LogP contribution in [0.5, 0.6) is 0 Å². The molecule has 0 atom stereocenters. The summed E-state index contributed by atoms with van der Waals surface area (Å²) in [6, 6.07) is 6.88. The van der Waals surface area contributed by atoms with Crippen LogP contribution in [0.1, 0.15) is 5.56 Å². The highest BCUT2D eigenvalue weighted by molar-refractivity contribution is 7.89. The lowest BCUT2D eigenvalue weighted by atomic mass is 10.3. The fourth-order valence-electron chi connectivity index (χ4n) is 2.57. The van der Waals surface area contributed by atoms with Gasteiger partial charge in [0, 0.05) is 32.3 Å². The van der Waals surface area contributed by atoms with Gasteiger partial charge in [0.15, 0.2) is 0 Å². The zero-order valence-electron chi connectivity index (χ0n) is 13.3. The fourth-order valence-corrected chi connectivity index (χ4v) is 4.65. The molecular weight excluding hydrogens is 363 g/mol. The molecule has 1 amide bonds. The topological polar surface area (TPSA) is 57.7 Å². The molecule has 1 fully saturated rings. The molecular formula is C17H17FN2O3S2. The van der Waals surface area contributed by atoms with Gasteiger partial charge in [-0.15, -0.1) is 0 Å². The van der Waals surface area contributed by atoms with Crippen molar-refractivity contribution in [1.82, 2.24) is 9.21 Å². The molecule has 2 aromatic rings. The minimum absolute atomic E-state index is 0.0652. The van der Waals surface area contributed by atoms with Crippen LogP contribution >= 0.6 is 11.3 Å². The lowest BCUT2D eigenvalue weighted by Crippen LogP contribution is -2.50. The summed E-state index contributed by atoms with van der Waals surface area (Å²) in [5, 5.41) is 3.87. The van der Waals surface area contributed by atoms with Crippen molar-refractivity contribution in [2.45, 2.75) is 4.90 Å². The number of benzene rings is 1. The molecule has 1 aromatic heterocycles. The Balaban J connectivity index is 1.62. The van der Waals surface area contributed by atoms with Crippen LogP contribution in [0.3, 0.4) is 0 Å². The number of nitrogens with zero attached hydrogens (tertiary/aromatic N) is 2. The molecule has 25 heavy (non-hydrogen) atoms. The Kier molecular flexibility index (Phi) is 5.31.